The molecule has 1 aliphatic rings. The maximum absolute atomic E-state index is 12.8. The molecule has 2 aromatic heterocycles. The minimum atomic E-state index is -0.792. The molecular formula is C22H27N3O3. The first-order valence-corrected chi connectivity index (χ1v) is 9.80. The first-order valence-electron chi connectivity index (χ1n) is 9.80. The van der Waals surface area contributed by atoms with Gasteiger partial charge in [0, 0.05) is 36.4 Å². The zero-order valence-electron chi connectivity index (χ0n) is 16.7. The quantitative estimate of drug-likeness (QED) is 0.754. The van der Waals surface area contributed by atoms with Crippen molar-refractivity contribution in [2.75, 3.05) is 13.1 Å². The standard InChI is InChI=1S/C22H27N3O3/c1-15-10-19-18(13-28-20(19)11-16(15)2)12-21(26)24-7-4-22(27,5-8-24)14-25-9-6-23-17(25)3/h6,9-11,13,27H,4-5,7-8,12,14H2,1-3H3. The predicted molar refractivity (Wildman–Crippen MR) is 107 cm³/mol. The molecule has 148 valence electrons. The van der Waals surface area contributed by atoms with Gasteiger partial charge in [-0.15, -0.1) is 0 Å². The minimum Gasteiger partial charge on any atom is -0.464 e. The molecular weight excluding hydrogens is 354 g/mol. The number of imidazole rings is 1. The second kappa shape index (κ2) is 7.09. The fourth-order valence-corrected chi connectivity index (χ4v) is 3.97. The third kappa shape index (κ3) is 3.56. The van der Waals surface area contributed by atoms with Crippen molar-refractivity contribution in [2.24, 2.45) is 0 Å². The molecule has 1 saturated heterocycles. The Morgan fingerprint density at radius 3 is 2.61 bits per heavy atom. The summed E-state index contributed by atoms with van der Waals surface area (Å²) in [6.07, 6.45) is 6.80. The molecule has 1 amide bonds. The van der Waals surface area contributed by atoms with Gasteiger partial charge >= 0.3 is 0 Å². The molecule has 0 radical (unpaired) electrons. The SMILES string of the molecule is Cc1cc2occ(CC(=O)N3CCC(O)(Cn4ccnc4C)CC3)c2cc1C. The number of nitrogens with zero attached hydrogens (tertiary/aromatic N) is 3. The van der Waals surface area contributed by atoms with Crippen LogP contribution in [0.4, 0.5) is 0 Å². The molecule has 1 fully saturated rings. The molecule has 3 aromatic rings. The Morgan fingerprint density at radius 1 is 1.21 bits per heavy atom. The van der Waals surface area contributed by atoms with Gasteiger partial charge in [-0.3, -0.25) is 4.79 Å². The number of aryl methyl sites for hydroxylation is 3. The van der Waals surface area contributed by atoms with Crippen LogP contribution >= 0.6 is 0 Å². The van der Waals surface area contributed by atoms with Gasteiger partial charge in [-0.1, -0.05) is 0 Å². The van der Waals surface area contributed by atoms with E-state index >= 15 is 0 Å². The summed E-state index contributed by atoms with van der Waals surface area (Å²) < 4.78 is 7.63. The van der Waals surface area contributed by atoms with Crippen molar-refractivity contribution in [3.05, 3.63) is 53.3 Å². The first-order chi connectivity index (χ1) is 13.3. The van der Waals surface area contributed by atoms with Gasteiger partial charge in [0.1, 0.15) is 11.4 Å². The summed E-state index contributed by atoms with van der Waals surface area (Å²) >= 11 is 0. The van der Waals surface area contributed by atoms with E-state index in [9.17, 15) is 9.90 Å². The third-order valence-corrected chi connectivity index (χ3v) is 6.05. The zero-order chi connectivity index (χ0) is 19.9. The lowest BCUT2D eigenvalue weighted by Gasteiger charge is -2.38. The summed E-state index contributed by atoms with van der Waals surface area (Å²) in [6, 6.07) is 4.12. The average molecular weight is 381 g/mol. The number of piperidine rings is 1. The molecule has 1 N–H and O–H groups in total. The molecule has 0 saturated carbocycles. The lowest BCUT2D eigenvalue weighted by molar-refractivity contribution is -0.135. The van der Waals surface area contributed by atoms with Crippen LogP contribution in [0.1, 0.15) is 35.4 Å². The van der Waals surface area contributed by atoms with Crippen molar-refractivity contribution in [3.8, 4) is 0 Å². The highest BCUT2D eigenvalue weighted by Gasteiger charge is 2.34. The van der Waals surface area contributed by atoms with Crippen LogP contribution in [0.15, 0.2) is 35.2 Å². The van der Waals surface area contributed by atoms with Gasteiger partial charge in [0.15, 0.2) is 0 Å². The van der Waals surface area contributed by atoms with E-state index < -0.39 is 5.60 Å². The number of likely N-dealkylation sites (tertiary alicyclic amines) is 1. The van der Waals surface area contributed by atoms with E-state index in [-0.39, 0.29) is 5.91 Å². The van der Waals surface area contributed by atoms with Crippen molar-refractivity contribution in [2.45, 2.75) is 52.2 Å². The number of amides is 1. The Morgan fingerprint density at radius 2 is 1.93 bits per heavy atom. The summed E-state index contributed by atoms with van der Waals surface area (Å²) in [5.41, 5.74) is 3.34. The van der Waals surface area contributed by atoms with Gasteiger partial charge in [-0.25, -0.2) is 4.98 Å². The molecule has 0 bridgehead atoms. The maximum Gasteiger partial charge on any atom is 0.227 e. The lowest BCUT2D eigenvalue weighted by Crippen LogP contribution is -2.49. The van der Waals surface area contributed by atoms with E-state index in [0.29, 0.717) is 38.9 Å². The Labute approximate surface area is 164 Å². The maximum atomic E-state index is 12.8. The van der Waals surface area contributed by atoms with Crippen molar-refractivity contribution in [3.63, 3.8) is 0 Å². The monoisotopic (exact) mass is 381 g/mol. The average Bonchev–Trinajstić information content (AvgIpc) is 3.22. The van der Waals surface area contributed by atoms with Crippen molar-refractivity contribution < 1.29 is 14.3 Å². The molecule has 4 rings (SSSR count). The van der Waals surface area contributed by atoms with Crippen molar-refractivity contribution >= 4 is 16.9 Å². The number of benzene rings is 1. The van der Waals surface area contributed by atoms with Gasteiger partial charge < -0.3 is 19.0 Å². The summed E-state index contributed by atoms with van der Waals surface area (Å²) in [5.74, 6) is 0.978. The van der Waals surface area contributed by atoms with Crippen LogP contribution in [0.3, 0.4) is 0 Å². The molecule has 1 aromatic carbocycles. The van der Waals surface area contributed by atoms with Crippen LogP contribution in [-0.4, -0.2) is 44.2 Å². The van der Waals surface area contributed by atoms with Gasteiger partial charge in [-0.2, -0.15) is 0 Å². The van der Waals surface area contributed by atoms with Gasteiger partial charge in [0.25, 0.3) is 0 Å². The number of aliphatic hydroxyl groups is 1. The molecule has 28 heavy (non-hydrogen) atoms. The lowest BCUT2D eigenvalue weighted by atomic mass is 9.91. The van der Waals surface area contributed by atoms with E-state index in [0.717, 1.165) is 22.4 Å². The van der Waals surface area contributed by atoms with Crippen LogP contribution in [0.2, 0.25) is 0 Å². The molecule has 0 aliphatic carbocycles. The minimum absolute atomic E-state index is 0.0850. The number of carbonyl (C=O) groups is 1. The number of hydrogen-bond donors (Lipinski definition) is 1. The van der Waals surface area contributed by atoms with Gasteiger partial charge in [0.2, 0.25) is 5.91 Å². The number of carbonyl (C=O) groups excluding carboxylic acids is 1. The van der Waals surface area contributed by atoms with Crippen LogP contribution in [0.25, 0.3) is 11.0 Å². The predicted octanol–water partition coefficient (Wildman–Crippen LogP) is 3.15. The fraction of sp³-hybridized carbons (Fsp3) is 0.455. The fourth-order valence-electron chi connectivity index (χ4n) is 3.97. The molecule has 0 unspecified atom stereocenters. The molecule has 6 nitrogen and oxygen atoms in total. The normalized spacial score (nSPS) is 16.6. The summed E-state index contributed by atoms with van der Waals surface area (Å²) in [7, 11) is 0. The summed E-state index contributed by atoms with van der Waals surface area (Å²) in [5, 5.41) is 11.9. The first kappa shape index (κ1) is 18.7. The van der Waals surface area contributed by atoms with E-state index in [4.69, 9.17) is 4.42 Å². The van der Waals surface area contributed by atoms with Crippen molar-refractivity contribution in [1.82, 2.24) is 14.5 Å². The largest absolute Gasteiger partial charge is 0.464 e. The molecule has 0 spiro atoms. The topological polar surface area (TPSA) is 71.5 Å². The third-order valence-electron chi connectivity index (χ3n) is 6.05. The van der Waals surface area contributed by atoms with Crippen LogP contribution < -0.4 is 0 Å². The van der Waals surface area contributed by atoms with Crippen LogP contribution in [-0.2, 0) is 17.8 Å². The smallest absolute Gasteiger partial charge is 0.227 e. The van der Waals surface area contributed by atoms with E-state index in [1.807, 2.05) is 28.7 Å². The van der Waals surface area contributed by atoms with Gasteiger partial charge in [-0.05, 0) is 56.9 Å². The molecule has 6 heteroatoms. The van der Waals surface area contributed by atoms with E-state index in [1.54, 1.807) is 12.5 Å². The molecule has 0 atom stereocenters. The zero-order valence-corrected chi connectivity index (χ0v) is 16.7. The number of hydrogen-bond acceptors (Lipinski definition) is 4. The molecule has 1 aliphatic heterocycles. The second-order valence-corrected chi connectivity index (χ2v) is 8.08. The number of furan rings is 1. The van der Waals surface area contributed by atoms with E-state index in [1.165, 1.54) is 11.1 Å². The van der Waals surface area contributed by atoms with Crippen LogP contribution in [0, 0.1) is 20.8 Å². The Hall–Kier alpha value is -2.60. The summed E-state index contributed by atoms with van der Waals surface area (Å²) in [6.45, 7) is 7.71. The van der Waals surface area contributed by atoms with Crippen LogP contribution in [0.5, 0.6) is 0 Å². The Kier molecular flexibility index (Phi) is 4.75. The van der Waals surface area contributed by atoms with Crippen molar-refractivity contribution in [1.29, 1.82) is 0 Å². The van der Waals surface area contributed by atoms with E-state index in [2.05, 4.69) is 24.9 Å². The molecule has 3 heterocycles. The number of aromatic nitrogens is 2. The summed E-state index contributed by atoms with van der Waals surface area (Å²) in [4.78, 5) is 18.9. The van der Waals surface area contributed by atoms with Gasteiger partial charge in [0.05, 0.1) is 24.8 Å². The number of fused-ring (bicyclic) bond motifs is 1. The highest BCUT2D eigenvalue weighted by Crippen LogP contribution is 2.28. The second-order valence-electron chi connectivity index (χ2n) is 8.08. The number of rotatable bonds is 4. The Bertz CT molecular complexity index is 1010. The Balaban J connectivity index is 1.40. The highest BCUT2D eigenvalue weighted by atomic mass is 16.3. The highest BCUT2D eigenvalue weighted by molar-refractivity contribution is 5.88.